The van der Waals surface area contributed by atoms with Crippen molar-refractivity contribution in [3.63, 3.8) is 0 Å². The van der Waals surface area contributed by atoms with E-state index < -0.39 is 30.2 Å². The molecule has 2 heterocycles. The van der Waals surface area contributed by atoms with Gasteiger partial charge < -0.3 is 25.1 Å². The summed E-state index contributed by atoms with van der Waals surface area (Å²) in [5.74, 6) is -1.12. The van der Waals surface area contributed by atoms with Crippen molar-refractivity contribution in [3.8, 4) is 6.07 Å². The summed E-state index contributed by atoms with van der Waals surface area (Å²) in [6.45, 7) is 7.74. The van der Waals surface area contributed by atoms with E-state index in [1.807, 2.05) is 27.7 Å². The molecule has 2 aliphatic rings. The minimum absolute atomic E-state index is 0.120. The van der Waals surface area contributed by atoms with E-state index in [1.54, 1.807) is 29.1 Å². The molecule has 1 amide bonds. The van der Waals surface area contributed by atoms with Crippen LogP contribution < -0.4 is 16.5 Å². The van der Waals surface area contributed by atoms with Gasteiger partial charge in [0.15, 0.2) is 5.82 Å². The van der Waals surface area contributed by atoms with E-state index in [4.69, 9.17) is 19.8 Å². The van der Waals surface area contributed by atoms with E-state index in [0.717, 1.165) is 19.3 Å². The average Bonchev–Trinajstić information content (AvgIpc) is 3.48. The lowest BCUT2D eigenvalue weighted by Crippen LogP contribution is -2.41. The summed E-state index contributed by atoms with van der Waals surface area (Å²) in [5, 5.41) is 17.1. The highest BCUT2D eigenvalue weighted by molar-refractivity contribution is 6.63. The van der Waals surface area contributed by atoms with Gasteiger partial charge in [0.25, 0.3) is 5.91 Å². The lowest BCUT2D eigenvalue weighted by Gasteiger charge is -2.32. The number of hydrogen-bond donors (Lipinski definition) is 2. The number of aromatic nitrogens is 2. The molecule has 10 nitrogen and oxygen atoms in total. The standard InChI is InChI=1S/C24H30BN5O5/c1-23(2)24(3,4)35-25(34-23)18-10-9-15(11-16(18)22(32)33-5)28-21-17(20(27)31)13-30(29-21)19-8-6-7-14(19)12-26/h9-11,13-14,19H,6-8H2,1-5H3,(H2,27,31)(H,28,29). The SMILES string of the molecule is COC(=O)c1cc(Nc2nn(C3CCCC3C#N)cc2C(N)=O)ccc1B1OC(C)(C)C(C)(C)O1. The molecule has 2 unspecified atom stereocenters. The summed E-state index contributed by atoms with van der Waals surface area (Å²) in [4.78, 5) is 24.8. The molecule has 0 radical (unpaired) electrons. The van der Waals surface area contributed by atoms with Gasteiger partial charge in [-0.2, -0.15) is 10.4 Å². The van der Waals surface area contributed by atoms with Gasteiger partial charge in [0.05, 0.1) is 41.9 Å². The molecule has 2 fully saturated rings. The number of hydrogen-bond acceptors (Lipinski definition) is 8. The van der Waals surface area contributed by atoms with Crippen molar-refractivity contribution >= 4 is 36.0 Å². The van der Waals surface area contributed by atoms with Gasteiger partial charge in [-0.15, -0.1) is 0 Å². The number of carbonyl (C=O) groups excluding carboxylic acids is 2. The Labute approximate surface area is 204 Å². The molecule has 3 N–H and O–H groups in total. The molecule has 0 spiro atoms. The summed E-state index contributed by atoms with van der Waals surface area (Å²) >= 11 is 0. The number of nitrogens with zero attached hydrogens (tertiary/aromatic N) is 3. The highest BCUT2D eigenvalue weighted by atomic mass is 16.7. The molecule has 1 aliphatic heterocycles. The van der Waals surface area contributed by atoms with Crippen molar-refractivity contribution in [3.05, 3.63) is 35.5 Å². The molecule has 4 rings (SSSR count). The number of esters is 1. The van der Waals surface area contributed by atoms with Gasteiger partial charge in [0.2, 0.25) is 0 Å². The van der Waals surface area contributed by atoms with Gasteiger partial charge in [-0.1, -0.05) is 6.07 Å². The van der Waals surface area contributed by atoms with Crippen LogP contribution >= 0.6 is 0 Å². The number of benzene rings is 1. The monoisotopic (exact) mass is 479 g/mol. The van der Waals surface area contributed by atoms with Crippen molar-refractivity contribution < 1.29 is 23.6 Å². The van der Waals surface area contributed by atoms with Crippen LogP contribution in [0.1, 0.15) is 73.7 Å². The molecule has 1 saturated heterocycles. The smallest absolute Gasteiger partial charge is 0.465 e. The Morgan fingerprint density at radius 1 is 1.23 bits per heavy atom. The number of ether oxygens (including phenoxy) is 1. The fraction of sp³-hybridized carbons (Fsp3) is 0.500. The second kappa shape index (κ2) is 9.02. The molecule has 2 atom stereocenters. The summed E-state index contributed by atoms with van der Waals surface area (Å²) in [5.41, 5.74) is 5.94. The van der Waals surface area contributed by atoms with E-state index in [-0.39, 0.29) is 28.9 Å². The topological polar surface area (TPSA) is 141 Å². The van der Waals surface area contributed by atoms with E-state index in [9.17, 15) is 14.9 Å². The molecular weight excluding hydrogens is 449 g/mol. The lowest BCUT2D eigenvalue weighted by atomic mass is 9.75. The number of rotatable bonds is 6. The Hall–Kier alpha value is -3.36. The summed E-state index contributed by atoms with van der Waals surface area (Å²) < 4.78 is 18.9. The van der Waals surface area contributed by atoms with E-state index >= 15 is 0 Å². The first-order valence-corrected chi connectivity index (χ1v) is 11.6. The molecule has 0 bridgehead atoms. The molecule has 2 aromatic rings. The van der Waals surface area contributed by atoms with Crippen LogP contribution in [-0.4, -0.2) is 47.1 Å². The minimum Gasteiger partial charge on any atom is -0.465 e. The number of nitrogens with one attached hydrogen (secondary N) is 1. The van der Waals surface area contributed by atoms with Gasteiger partial charge in [-0.05, 0) is 64.6 Å². The maximum absolute atomic E-state index is 12.7. The molecule has 35 heavy (non-hydrogen) atoms. The number of primary amides is 1. The number of carbonyl (C=O) groups is 2. The average molecular weight is 479 g/mol. The maximum Gasteiger partial charge on any atom is 0.495 e. The number of methoxy groups -OCH3 is 1. The zero-order chi connectivity index (χ0) is 25.5. The van der Waals surface area contributed by atoms with Crippen molar-refractivity contribution in [2.24, 2.45) is 11.7 Å². The summed E-state index contributed by atoms with van der Waals surface area (Å²) in [7, 11) is 0.546. The summed E-state index contributed by atoms with van der Waals surface area (Å²) in [6, 6.07) is 7.26. The van der Waals surface area contributed by atoms with Crippen molar-refractivity contribution in [1.29, 1.82) is 5.26 Å². The van der Waals surface area contributed by atoms with E-state index in [1.165, 1.54) is 7.11 Å². The second-order valence-electron chi connectivity index (χ2n) is 9.98. The van der Waals surface area contributed by atoms with Crippen LogP contribution in [0.25, 0.3) is 0 Å². The third-order valence-electron chi connectivity index (χ3n) is 7.21. The molecule has 1 saturated carbocycles. The third kappa shape index (κ3) is 4.51. The molecule has 1 aliphatic carbocycles. The largest absolute Gasteiger partial charge is 0.495 e. The Morgan fingerprint density at radius 2 is 1.91 bits per heavy atom. The number of amides is 1. The van der Waals surface area contributed by atoms with Gasteiger partial charge in [0.1, 0.15) is 5.56 Å². The summed E-state index contributed by atoms with van der Waals surface area (Å²) in [6.07, 6.45) is 4.08. The predicted octanol–water partition coefficient (Wildman–Crippen LogP) is 2.68. The van der Waals surface area contributed by atoms with E-state index in [2.05, 4.69) is 16.5 Å². The molecular formula is C24H30BN5O5. The van der Waals surface area contributed by atoms with Crippen LogP contribution in [0.5, 0.6) is 0 Å². The second-order valence-corrected chi connectivity index (χ2v) is 9.98. The third-order valence-corrected chi connectivity index (χ3v) is 7.21. The van der Waals surface area contributed by atoms with Gasteiger partial charge >= 0.3 is 13.1 Å². The van der Waals surface area contributed by atoms with Gasteiger partial charge in [-0.25, -0.2) is 4.79 Å². The highest BCUT2D eigenvalue weighted by Gasteiger charge is 2.52. The zero-order valence-electron chi connectivity index (χ0n) is 20.6. The Morgan fingerprint density at radius 3 is 2.51 bits per heavy atom. The molecule has 1 aromatic carbocycles. The number of anilines is 2. The van der Waals surface area contributed by atoms with Crippen LogP contribution in [0, 0.1) is 17.2 Å². The quantitative estimate of drug-likeness (QED) is 0.476. The fourth-order valence-electron chi connectivity index (χ4n) is 4.47. The first-order valence-electron chi connectivity index (χ1n) is 11.6. The molecule has 11 heteroatoms. The first kappa shape index (κ1) is 24.8. The van der Waals surface area contributed by atoms with E-state index in [0.29, 0.717) is 11.2 Å². The van der Waals surface area contributed by atoms with Gasteiger partial charge in [0, 0.05) is 11.9 Å². The Kier molecular flexibility index (Phi) is 6.38. The van der Waals surface area contributed by atoms with Crippen LogP contribution in [-0.2, 0) is 14.0 Å². The van der Waals surface area contributed by atoms with Crippen molar-refractivity contribution in [2.75, 3.05) is 12.4 Å². The molecule has 1 aromatic heterocycles. The van der Waals surface area contributed by atoms with Crippen LogP contribution in [0.3, 0.4) is 0 Å². The van der Waals surface area contributed by atoms with Crippen LogP contribution in [0.2, 0.25) is 0 Å². The normalized spacial score (nSPS) is 22.6. The van der Waals surface area contributed by atoms with Crippen LogP contribution in [0.4, 0.5) is 11.5 Å². The van der Waals surface area contributed by atoms with Crippen molar-refractivity contribution in [2.45, 2.75) is 64.2 Å². The lowest BCUT2D eigenvalue weighted by molar-refractivity contribution is 0.00578. The highest BCUT2D eigenvalue weighted by Crippen LogP contribution is 2.38. The Bertz CT molecular complexity index is 1190. The fourth-order valence-corrected chi connectivity index (χ4v) is 4.47. The zero-order valence-corrected chi connectivity index (χ0v) is 20.6. The maximum atomic E-state index is 12.7. The minimum atomic E-state index is -0.756. The Balaban J connectivity index is 1.67. The van der Waals surface area contributed by atoms with Crippen LogP contribution in [0.15, 0.2) is 24.4 Å². The number of nitriles is 1. The van der Waals surface area contributed by atoms with Gasteiger partial charge in [-0.3, -0.25) is 9.48 Å². The first-order chi connectivity index (χ1) is 16.5. The predicted molar refractivity (Wildman–Crippen MR) is 130 cm³/mol. The number of nitrogens with two attached hydrogens (primary N) is 1. The van der Waals surface area contributed by atoms with Crippen molar-refractivity contribution in [1.82, 2.24) is 9.78 Å². The molecule has 184 valence electrons.